The molecule has 0 amide bonds. The van der Waals surface area contributed by atoms with Crippen molar-refractivity contribution < 1.29 is 14.6 Å². The lowest BCUT2D eigenvalue weighted by Gasteiger charge is -2.39. The van der Waals surface area contributed by atoms with E-state index in [4.69, 9.17) is 27.9 Å². The Morgan fingerprint density at radius 1 is 1.16 bits per heavy atom. The second-order valence-electron chi connectivity index (χ2n) is 10.0. The highest BCUT2D eigenvalue weighted by Crippen LogP contribution is 2.34. The maximum Gasteiger partial charge on any atom is 0.303 e. The fraction of sp³-hybridized carbons (Fsp3) is 0.467. The third-order valence-electron chi connectivity index (χ3n) is 7.56. The van der Waals surface area contributed by atoms with E-state index in [0.717, 1.165) is 85.5 Å². The molecule has 1 aromatic heterocycles. The number of thioether (sulfide) groups is 1. The molecular formula is C30H36Cl2N2O3S. The molecule has 8 heteroatoms. The van der Waals surface area contributed by atoms with Crippen LogP contribution in [0.4, 0.5) is 0 Å². The van der Waals surface area contributed by atoms with Crippen molar-refractivity contribution in [2.45, 2.75) is 49.8 Å². The molecule has 4 rings (SSSR count). The lowest BCUT2D eigenvalue weighted by Crippen LogP contribution is -2.41. The maximum absolute atomic E-state index is 11.4. The van der Waals surface area contributed by atoms with Crippen molar-refractivity contribution in [3.05, 3.63) is 64.3 Å². The van der Waals surface area contributed by atoms with Crippen molar-refractivity contribution in [3.8, 4) is 5.75 Å². The van der Waals surface area contributed by atoms with Crippen LogP contribution in [0.5, 0.6) is 5.75 Å². The quantitative estimate of drug-likeness (QED) is 0.165. The van der Waals surface area contributed by atoms with Crippen LogP contribution in [0.1, 0.15) is 44.1 Å². The molecule has 3 aromatic rings. The monoisotopic (exact) mass is 574 g/mol. The maximum atomic E-state index is 11.4. The number of fused-ring (bicyclic) bond motifs is 1. The summed E-state index contributed by atoms with van der Waals surface area (Å²) in [5.74, 6) is 2.11. The van der Waals surface area contributed by atoms with Gasteiger partial charge in [0.05, 0.1) is 22.7 Å². The van der Waals surface area contributed by atoms with Gasteiger partial charge in [-0.3, -0.25) is 9.78 Å². The van der Waals surface area contributed by atoms with Gasteiger partial charge in [0.25, 0.3) is 0 Å². The number of hydrogen-bond acceptors (Lipinski definition) is 5. The summed E-state index contributed by atoms with van der Waals surface area (Å²) in [6, 6.07) is 13.9. The lowest BCUT2D eigenvalue weighted by molar-refractivity contribution is -0.137. The van der Waals surface area contributed by atoms with Crippen LogP contribution >= 0.6 is 35.0 Å². The Balaban J connectivity index is 1.28. The van der Waals surface area contributed by atoms with Crippen molar-refractivity contribution in [2.24, 2.45) is 11.8 Å². The van der Waals surface area contributed by atoms with Gasteiger partial charge in [-0.2, -0.15) is 0 Å². The summed E-state index contributed by atoms with van der Waals surface area (Å²) in [5, 5.41) is 11.7. The zero-order valence-electron chi connectivity index (χ0n) is 21.9. The third kappa shape index (κ3) is 8.01. The van der Waals surface area contributed by atoms with E-state index in [1.54, 1.807) is 18.9 Å². The van der Waals surface area contributed by atoms with E-state index >= 15 is 0 Å². The number of rotatable bonds is 13. The lowest BCUT2D eigenvalue weighted by atomic mass is 9.79. The standard InChI is InChI=1S/C30H36Cl2N2O3S/c1-37-24-10-11-27-25(19-24)22(13-15-33-27)6-2-5-21-14-17-34(20-23(21)9-12-29(35)36)16-4-18-38-28-8-3-7-26(31)30(28)32/h3,7-8,10-11,13,15,19,21,23H,2,4-6,9,12,14,16-18,20H2,1H3,(H,35,36)/t21-,23+/m1/s1. The van der Waals surface area contributed by atoms with Gasteiger partial charge in [0.15, 0.2) is 0 Å². The third-order valence-corrected chi connectivity index (χ3v) is 9.63. The van der Waals surface area contributed by atoms with Gasteiger partial charge in [-0.25, -0.2) is 0 Å². The zero-order chi connectivity index (χ0) is 26.9. The van der Waals surface area contributed by atoms with Crippen LogP contribution < -0.4 is 4.74 Å². The molecule has 1 fully saturated rings. The van der Waals surface area contributed by atoms with Crippen molar-refractivity contribution in [1.82, 2.24) is 9.88 Å². The number of carboxylic acid groups (broad SMARTS) is 1. The molecule has 38 heavy (non-hydrogen) atoms. The van der Waals surface area contributed by atoms with E-state index in [0.29, 0.717) is 21.9 Å². The molecule has 2 atom stereocenters. The van der Waals surface area contributed by atoms with E-state index < -0.39 is 5.97 Å². The number of aromatic nitrogens is 1. The van der Waals surface area contributed by atoms with Crippen LogP contribution in [-0.4, -0.2) is 53.5 Å². The zero-order valence-corrected chi connectivity index (χ0v) is 24.2. The number of carboxylic acids is 1. The topological polar surface area (TPSA) is 62.7 Å². The number of hydrogen-bond donors (Lipinski definition) is 1. The first kappa shape index (κ1) is 29.0. The van der Waals surface area contributed by atoms with E-state index in [-0.39, 0.29) is 6.42 Å². The molecule has 0 unspecified atom stereocenters. The van der Waals surface area contributed by atoms with Crippen molar-refractivity contribution >= 4 is 51.8 Å². The van der Waals surface area contributed by atoms with Crippen molar-refractivity contribution in [2.75, 3.05) is 32.5 Å². The van der Waals surface area contributed by atoms with Crippen LogP contribution in [-0.2, 0) is 11.2 Å². The van der Waals surface area contributed by atoms with Crippen LogP contribution in [0.25, 0.3) is 10.9 Å². The summed E-state index contributed by atoms with van der Waals surface area (Å²) < 4.78 is 5.42. The first-order valence-electron chi connectivity index (χ1n) is 13.4. The number of piperidine rings is 1. The van der Waals surface area contributed by atoms with E-state index in [9.17, 15) is 9.90 Å². The Bertz CT molecular complexity index is 1230. The van der Waals surface area contributed by atoms with Crippen molar-refractivity contribution in [1.29, 1.82) is 0 Å². The minimum atomic E-state index is -0.701. The van der Waals surface area contributed by atoms with Crippen LogP contribution in [0, 0.1) is 11.8 Å². The number of pyridine rings is 1. The SMILES string of the molecule is COc1ccc2nccc(CCC[C@@H]3CCN(CCCSc4cccc(Cl)c4Cl)C[C@@H]3CCC(=O)O)c2c1. The predicted octanol–water partition coefficient (Wildman–Crippen LogP) is 7.86. The van der Waals surface area contributed by atoms with Crippen molar-refractivity contribution in [3.63, 3.8) is 0 Å². The molecular weight excluding hydrogens is 539 g/mol. The Labute approximate surface area is 239 Å². The number of benzene rings is 2. The number of carbonyl (C=O) groups is 1. The summed E-state index contributed by atoms with van der Waals surface area (Å²) >= 11 is 14.2. The molecule has 0 aliphatic carbocycles. The normalized spacial score (nSPS) is 18.1. The fourth-order valence-corrected chi connectivity index (χ4v) is 6.95. The number of ether oxygens (including phenoxy) is 1. The molecule has 1 N–H and O–H groups in total. The molecule has 1 aliphatic rings. The predicted molar refractivity (Wildman–Crippen MR) is 158 cm³/mol. The molecule has 204 valence electrons. The largest absolute Gasteiger partial charge is 0.497 e. The molecule has 2 heterocycles. The minimum absolute atomic E-state index is 0.243. The highest BCUT2D eigenvalue weighted by atomic mass is 35.5. The summed E-state index contributed by atoms with van der Waals surface area (Å²) in [6.45, 7) is 3.08. The van der Waals surface area contributed by atoms with Gasteiger partial charge in [0.1, 0.15) is 5.75 Å². The number of methoxy groups -OCH3 is 1. The van der Waals surface area contributed by atoms with E-state index in [1.807, 2.05) is 36.5 Å². The Morgan fingerprint density at radius 3 is 2.84 bits per heavy atom. The highest BCUT2D eigenvalue weighted by molar-refractivity contribution is 7.99. The average molecular weight is 576 g/mol. The molecule has 0 radical (unpaired) electrons. The van der Waals surface area contributed by atoms with Gasteiger partial charge in [0.2, 0.25) is 0 Å². The average Bonchev–Trinajstić information content (AvgIpc) is 2.92. The summed E-state index contributed by atoms with van der Waals surface area (Å²) in [7, 11) is 1.69. The summed E-state index contributed by atoms with van der Waals surface area (Å²) in [5.41, 5.74) is 2.29. The smallest absolute Gasteiger partial charge is 0.303 e. The Hall–Kier alpha value is -1.99. The first-order valence-corrected chi connectivity index (χ1v) is 15.1. The van der Waals surface area contributed by atoms with Gasteiger partial charge < -0.3 is 14.7 Å². The van der Waals surface area contributed by atoms with E-state index in [1.165, 1.54) is 5.56 Å². The van der Waals surface area contributed by atoms with Gasteiger partial charge in [0, 0.05) is 29.4 Å². The van der Waals surface area contributed by atoms with Crippen LogP contribution in [0.2, 0.25) is 10.0 Å². The number of nitrogens with zero attached hydrogens (tertiary/aromatic N) is 2. The number of halogens is 2. The highest BCUT2D eigenvalue weighted by Gasteiger charge is 2.29. The molecule has 0 spiro atoms. The fourth-order valence-electron chi connectivity index (χ4n) is 5.52. The molecule has 1 aliphatic heterocycles. The Kier molecular flexibility index (Phi) is 11.0. The summed E-state index contributed by atoms with van der Waals surface area (Å²) in [6.07, 6.45) is 8.26. The van der Waals surface area contributed by atoms with Gasteiger partial charge >= 0.3 is 5.97 Å². The molecule has 2 aromatic carbocycles. The van der Waals surface area contributed by atoms with Crippen LogP contribution in [0.3, 0.4) is 0 Å². The second-order valence-corrected chi connectivity index (χ2v) is 12.0. The van der Waals surface area contributed by atoms with E-state index in [2.05, 4.69) is 22.0 Å². The number of aryl methyl sites for hydroxylation is 1. The second kappa shape index (κ2) is 14.4. The molecule has 5 nitrogen and oxygen atoms in total. The first-order chi connectivity index (χ1) is 18.4. The van der Waals surface area contributed by atoms with Gasteiger partial charge in [-0.1, -0.05) is 29.3 Å². The minimum Gasteiger partial charge on any atom is -0.497 e. The molecule has 0 bridgehead atoms. The van der Waals surface area contributed by atoms with Crippen LogP contribution in [0.15, 0.2) is 53.6 Å². The van der Waals surface area contributed by atoms with Gasteiger partial charge in [-0.15, -0.1) is 11.8 Å². The summed E-state index contributed by atoms with van der Waals surface area (Å²) in [4.78, 5) is 19.4. The molecule has 1 saturated heterocycles. The van der Waals surface area contributed by atoms with Gasteiger partial charge in [-0.05, 0) is 111 Å². The number of aliphatic carboxylic acids is 1. The Morgan fingerprint density at radius 2 is 2.03 bits per heavy atom. The molecule has 0 saturated carbocycles. The number of likely N-dealkylation sites (tertiary alicyclic amines) is 1.